The van der Waals surface area contributed by atoms with Crippen LogP contribution < -0.4 is 9.64 Å². The maximum absolute atomic E-state index is 16.2. The van der Waals surface area contributed by atoms with Gasteiger partial charge in [0.25, 0.3) is 0 Å². The van der Waals surface area contributed by atoms with Crippen molar-refractivity contribution in [3.8, 4) is 11.5 Å². The van der Waals surface area contributed by atoms with Gasteiger partial charge in [0, 0.05) is 0 Å². The first-order valence-electron chi connectivity index (χ1n) is 17.6. The summed E-state index contributed by atoms with van der Waals surface area (Å²) in [7, 11) is 0. The van der Waals surface area contributed by atoms with Gasteiger partial charge in [0.1, 0.15) is 5.75 Å². The third kappa shape index (κ3) is 3.32. The Morgan fingerprint density at radius 3 is 1.44 bits per heavy atom. The number of anilines is 1. The summed E-state index contributed by atoms with van der Waals surface area (Å²) in [5.74, 6) is -1.95. The lowest BCUT2D eigenvalue weighted by molar-refractivity contribution is -0.130. The fraction of sp³-hybridized carbons (Fsp3) is 0.0851. The van der Waals surface area contributed by atoms with E-state index in [1.807, 2.05) is 115 Å². The highest BCUT2D eigenvalue weighted by Gasteiger charge is 2.82. The Hall–Kier alpha value is -6.59. The van der Waals surface area contributed by atoms with Crippen molar-refractivity contribution in [3.63, 3.8) is 0 Å². The minimum Gasteiger partial charge on any atom is -0.455 e. The van der Waals surface area contributed by atoms with Gasteiger partial charge in [0.05, 0.1) is 28.4 Å². The molecule has 2 bridgehead atoms. The SMILES string of the molecule is O=C1[C@@H]2[C@H](C(=O)N1c1ccccc1Oc1ccccc1)[C@@]1(c3ccccc3)C(=O)[C@]2(c2ccccc2)c2c1c1cccc3ccc4cccc2c4c31. The van der Waals surface area contributed by atoms with Gasteiger partial charge in [-0.1, -0.05) is 140 Å². The van der Waals surface area contributed by atoms with Gasteiger partial charge >= 0.3 is 0 Å². The lowest BCUT2D eigenvalue weighted by atomic mass is 9.59. The van der Waals surface area contributed by atoms with Crippen LogP contribution in [0.3, 0.4) is 0 Å². The van der Waals surface area contributed by atoms with Crippen molar-refractivity contribution in [2.45, 2.75) is 10.8 Å². The Bertz CT molecular complexity index is 2650. The van der Waals surface area contributed by atoms with Gasteiger partial charge in [-0.2, -0.15) is 0 Å². The van der Waals surface area contributed by atoms with Gasteiger partial charge in [-0.15, -0.1) is 0 Å². The zero-order valence-corrected chi connectivity index (χ0v) is 27.8. The van der Waals surface area contributed by atoms with Crippen LogP contribution in [0.25, 0.3) is 32.3 Å². The van der Waals surface area contributed by atoms with Gasteiger partial charge in [0.15, 0.2) is 11.5 Å². The van der Waals surface area contributed by atoms with Crippen molar-refractivity contribution in [1.29, 1.82) is 0 Å². The molecule has 2 amide bonds. The van der Waals surface area contributed by atoms with Crippen LogP contribution in [0.4, 0.5) is 5.69 Å². The second-order valence-electron chi connectivity index (χ2n) is 14.2. The van der Waals surface area contributed by atoms with Crippen LogP contribution in [0.1, 0.15) is 22.3 Å². The van der Waals surface area contributed by atoms with Crippen molar-refractivity contribution in [3.05, 3.63) is 186 Å². The maximum Gasteiger partial charge on any atom is 0.239 e. The lowest BCUT2D eigenvalue weighted by Gasteiger charge is -2.38. The van der Waals surface area contributed by atoms with Crippen molar-refractivity contribution < 1.29 is 19.1 Å². The van der Waals surface area contributed by atoms with E-state index in [4.69, 9.17) is 4.74 Å². The number of imide groups is 1. The fourth-order valence-electron chi connectivity index (χ4n) is 10.2. The van der Waals surface area contributed by atoms with E-state index in [9.17, 15) is 0 Å². The number of rotatable bonds is 5. The molecule has 5 nitrogen and oxygen atoms in total. The molecule has 2 fully saturated rings. The number of benzene rings is 8. The molecule has 0 radical (unpaired) electrons. The number of carbonyl (C=O) groups excluding carboxylic acids is 3. The maximum atomic E-state index is 16.2. The van der Waals surface area contributed by atoms with Crippen molar-refractivity contribution >= 4 is 55.6 Å². The van der Waals surface area contributed by atoms with E-state index in [0.717, 1.165) is 54.6 Å². The first-order chi connectivity index (χ1) is 25.6. The van der Waals surface area contributed by atoms with Gasteiger partial charge < -0.3 is 4.74 Å². The van der Waals surface area contributed by atoms with Crippen LogP contribution in [0, 0.1) is 11.8 Å². The summed E-state index contributed by atoms with van der Waals surface area (Å²) in [6.45, 7) is 0. The second kappa shape index (κ2) is 10.2. The number of ether oxygens (including phenoxy) is 1. The minimum atomic E-state index is -1.45. The number of amides is 2. The predicted molar refractivity (Wildman–Crippen MR) is 202 cm³/mol. The lowest BCUT2D eigenvalue weighted by Crippen LogP contribution is -2.45. The van der Waals surface area contributed by atoms with Crippen molar-refractivity contribution in [1.82, 2.24) is 0 Å². The molecule has 1 saturated heterocycles. The van der Waals surface area contributed by atoms with E-state index < -0.39 is 34.5 Å². The smallest absolute Gasteiger partial charge is 0.239 e. The zero-order chi connectivity index (χ0) is 34.8. The Labute approximate surface area is 299 Å². The number of para-hydroxylation sites is 3. The molecule has 5 heteroatoms. The standard InChI is InChI=1S/C47H29NO4/c49-43-41-42(44(50)48(43)35-24-10-11-25-36(35)52-32-20-8-3-9-21-32)47(31-18-6-2-7-19-31)40-34-23-13-15-29-27-26-28-14-12-22-33(37(28)38(29)34)39(40)46(41,45(47)51)30-16-4-1-5-17-30/h1-27,41-42H/t41-,42+,46+,47-. The van der Waals surface area contributed by atoms with E-state index in [1.165, 1.54) is 4.90 Å². The molecular weight excluding hydrogens is 643 g/mol. The van der Waals surface area contributed by atoms with Crippen LogP contribution in [0.15, 0.2) is 164 Å². The number of hydrogen-bond acceptors (Lipinski definition) is 4. The molecule has 0 N–H and O–H groups in total. The number of hydrogen-bond donors (Lipinski definition) is 0. The quantitative estimate of drug-likeness (QED) is 0.135. The topological polar surface area (TPSA) is 63.7 Å². The fourth-order valence-corrected chi connectivity index (χ4v) is 10.2. The number of nitrogens with zero attached hydrogens (tertiary/aromatic N) is 1. The van der Waals surface area contributed by atoms with Crippen LogP contribution >= 0.6 is 0 Å². The molecule has 2 aliphatic carbocycles. The third-order valence-electron chi connectivity index (χ3n) is 12.0. The average molecular weight is 672 g/mol. The summed E-state index contributed by atoms with van der Waals surface area (Å²) in [5.41, 5.74) is 0.580. The summed E-state index contributed by atoms with van der Waals surface area (Å²) >= 11 is 0. The molecular formula is C47H29NO4. The predicted octanol–water partition coefficient (Wildman–Crippen LogP) is 9.35. The average Bonchev–Trinajstić information content (AvgIpc) is 3.71. The Morgan fingerprint density at radius 2 is 0.923 bits per heavy atom. The molecule has 0 unspecified atom stereocenters. The zero-order valence-electron chi connectivity index (χ0n) is 27.8. The van der Waals surface area contributed by atoms with Gasteiger partial charge in [-0.3, -0.25) is 14.4 Å². The molecule has 8 aromatic rings. The van der Waals surface area contributed by atoms with E-state index in [1.54, 1.807) is 12.1 Å². The third-order valence-corrected chi connectivity index (χ3v) is 12.0. The Morgan fingerprint density at radius 1 is 0.462 bits per heavy atom. The highest BCUT2D eigenvalue weighted by molar-refractivity contribution is 6.36. The van der Waals surface area contributed by atoms with E-state index in [0.29, 0.717) is 17.2 Å². The van der Waals surface area contributed by atoms with Gasteiger partial charge in [-0.05, 0) is 78.8 Å². The summed E-state index contributed by atoms with van der Waals surface area (Å²) in [6, 6.07) is 52.6. The monoisotopic (exact) mass is 671 g/mol. The number of carbonyl (C=O) groups is 3. The Balaban J connectivity index is 1.29. The van der Waals surface area contributed by atoms with Crippen LogP contribution in [0.2, 0.25) is 0 Å². The second-order valence-corrected chi connectivity index (χ2v) is 14.2. The van der Waals surface area contributed by atoms with Gasteiger partial charge in [0.2, 0.25) is 11.8 Å². The highest BCUT2D eigenvalue weighted by Crippen LogP contribution is 2.73. The van der Waals surface area contributed by atoms with Crippen molar-refractivity contribution in [2.75, 3.05) is 4.90 Å². The van der Waals surface area contributed by atoms with Crippen LogP contribution in [-0.2, 0) is 25.2 Å². The molecule has 246 valence electrons. The summed E-state index contributed by atoms with van der Waals surface area (Å²) in [5, 5.41) is 6.15. The highest BCUT2D eigenvalue weighted by atomic mass is 16.5. The molecule has 0 spiro atoms. The van der Waals surface area contributed by atoms with Crippen LogP contribution in [-0.4, -0.2) is 17.6 Å². The summed E-state index contributed by atoms with van der Waals surface area (Å²) < 4.78 is 6.34. The molecule has 11 rings (SSSR count). The molecule has 0 aromatic heterocycles. The molecule has 1 saturated carbocycles. The van der Waals surface area contributed by atoms with Gasteiger partial charge in [-0.25, -0.2) is 4.90 Å². The first-order valence-corrected chi connectivity index (χ1v) is 17.6. The van der Waals surface area contributed by atoms with Crippen molar-refractivity contribution in [2.24, 2.45) is 11.8 Å². The Kier molecular flexibility index (Phi) is 5.74. The minimum absolute atomic E-state index is 0.116. The summed E-state index contributed by atoms with van der Waals surface area (Å²) in [6.07, 6.45) is 0. The molecule has 3 aliphatic rings. The normalized spacial score (nSPS) is 23.2. The molecule has 1 heterocycles. The van der Waals surface area contributed by atoms with E-state index >= 15 is 14.4 Å². The summed E-state index contributed by atoms with van der Waals surface area (Å²) in [4.78, 5) is 48.6. The molecule has 52 heavy (non-hydrogen) atoms. The number of Topliss-reactive ketones (excluding diaryl/α,β-unsaturated/α-hetero) is 1. The number of ketones is 1. The molecule has 1 aliphatic heterocycles. The molecule has 4 atom stereocenters. The number of fused-ring (bicyclic) bond motifs is 10. The van der Waals surface area contributed by atoms with Crippen LogP contribution in [0.5, 0.6) is 11.5 Å². The molecule has 8 aromatic carbocycles. The first kappa shape index (κ1) is 29.2. The largest absolute Gasteiger partial charge is 0.455 e. The van der Waals surface area contributed by atoms with E-state index in [-0.39, 0.29) is 5.78 Å². The van der Waals surface area contributed by atoms with E-state index in [2.05, 4.69) is 36.4 Å².